The molecule has 100 valence electrons. The number of hydrogen-bond acceptors (Lipinski definition) is 5. The lowest BCUT2D eigenvalue weighted by Crippen LogP contribution is -2.30. The number of nitrogen functional groups attached to an aromatic ring is 1. The summed E-state index contributed by atoms with van der Waals surface area (Å²) in [4.78, 5) is 4.88. The van der Waals surface area contributed by atoms with Crippen LogP contribution >= 0.6 is 11.8 Å². The first-order valence-electron chi connectivity index (χ1n) is 5.75. The van der Waals surface area contributed by atoms with Crippen LogP contribution in [0.3, 0.4) is 0 Å². The van der Waals surface area contributed by atoms with Gasteiger partial charge in [0.15, 0.2) is 0 Å². The fourth-order valence-corrected chi connectivity index (χ4v) is 2.69. The van der Waals surface area contributed by atoms with Gasteiger partial charge in [0.05, 0.1) is 6.04 Å². The number of halogens is 1. The van der Waals surface area contributed by atoms with Crippen molar-refractivity contribution in [2.45, 2.75) is 10.9 Å². The molecule has 0 bridgehead atoms. The third kappa shape index (κ3) is 3.66. The van der Waals surface area contributed by atoms with E-state index in [1.807, 2.05) is 18.2 Å². The largest absolute Gasteiger partial charge is 0.383 e. The number of rotatable bonds is 5. The predicted molar refractivity (Wildman–Crippen MR) is 75.8 cm³/mol. The molecule has 1 atom stereocenters. The zero-order valence-electron chi connectivity index (χ0n) is 10.2. The van der Waals surface area contributed by atoms with Crippen molar-refractivity contribution in [1.82, 2.24) is 10.4 Å². The van der Waals surface area contributed by atoms with Gasteiger partial charge in [0, 0.05) is 22.4 Å². The Hall–Kier alpha value is -1.63. The number of benzene rings is 1. The molecule has 0 aliphatic heterocycles. The molecule has 0 amide bonds. The van der Waals surface area contributed by atoms with Crippen molar-refractivity contribution in [1.29, 1.82) is 0 Å². The Bertz CT molecular complexity index is 550. The second kappa shape index (κ2) is 6.51. The van der Waals surface area contributed by atoms with E-state index in [-0.39, 0.29) is 11.9 Å². The number of nitrogens with zero attached hydrogens (tertiary/aromatic N) is 1. The van der Waals surface area contributed by atoms with Gasteiger partial charge in [-0.25, -0.2) is 9.37 Å². The number of anilines is 1. The Morgan fingerprint density at radius 2 is 2.16 bits per heavy atom. The predicted octanol–water partition coefficient (Wildman–Crippen LogP) is 2.10. The highest BCUT2D eigenvalue weighted by atomic mass is 32.2. The summed E-state index contributed by atoms with van der Waals surface area (Å²) in [6.07, 6.45) is 1.63. The number of pyridine rings is 1. The van der Waals surface area contributed by atoms with Gasteiger partial charge in [-0.2, -0.15) is 0 Å². The van der Waals surface area contributed by atoms with E-state index in [4.69, 9.17) is 11.6 Å². The van der Waals surface area contributed by atoms with Crippen molar-refractivity contribution in [2.24, 2.45) is 5.84 Å². The van der Waals surface area contributed by atoms with Gasteiger partial charge in [0.25, 0.3) is 0 Å². The molecule has 2 aromatic rings. The molecule has 4 nitrogen and oxygen atoms in total. The lowest BCUT2D eigenvalue weighted by molar-refractivity contribution is 0.610. The number of nitrogens with one attached hydrogen (secondary N) is 1. The topological polar surface area (TPSA) is 77.0 Å². The molecule has 0 spiro atoms. The van der Waals surface area contributed by atoms with Crippen molar-refractivity contribution >= 4 is 17.6 Å². The molecule has 2 rings (SSSR count). The summed E-state index contributed by atoms with van der Waals surface area (Å²) in [5.74, 6) is 6.38. The molecule has 1 heterocycles. The average Bonchev–Trinajstić information content (AvgIpc) is 2.41. The minimum absolute atomic E-state index is 0.137. The Labute approximate surface area is 115 Å². The van der Waals surface area contributed by atoms with Gasteiger partial charge in [0.1, 0.15) is 11.6 Å². The van der Waals surface area contributed by atoms with Gasteiger partial charge in [0.2, 0.25) is 0 Å². The van der Waals surface area contributed by atoms with Crippen LogP contribution in [0.25, 0.3) is 0 Å². The fraction of sp³-hybridized carbons (Fsp3) is 0.154. The first-order valence-corrected chi connectivity index (χ1v) is 6.74. The zero-order chi connectivity index (χ0) is 13.7. The summed E-state index contributed by atoms with van der Waals surface area (Å²) < 4.78 is 13.1. The Morgan fingerprint density at radius 1 is 1.32 bits per heavy atom. The number of hydrazine groups is 1. The maximum Gasteiger partial charge on any atom is 0.128 e. The molecule has 0 aliphatic rings. The second-order valence-electron chi connectivity index (χ2n) is 3.97. The van der Waals surface area contributed by atoms with Crippen LogP contribution < -0.4 is 17.0 Å². The summed E-state index contributed by atoms with van der Waals surface area (Å²) in [6.45, 7) is 0. The molecule has 0 aliphatic carbocycles. The highest BCUT2D eigenvalue weighted by Crippen LogP contribution is 2.26. The van der Waals surface area contributed by atoms with Crippen molar-refractivity contribution in [3.05, 3.63) is 54.0 Å². The van der Waals surface area contributed by atoms with Crippen LogP contribution in [0.5, 0.6) is 0 Å². The van der Waals surface area contributed by atoms with Gasteiger partial charge >= 0.3 is 0 Å². The Morgan fingerprint density at radius 3 is 2.84 bits per heavy atom. The molecular formula is C13H15FN4S. The van der Waals surface area contributed by atoms with Crippen LogP contribution in [0, 0.1) is 5.82 Å². The quantitative estimate of drug-likeness (QED) is 0.443. The first kappa shape index (κ1) is 13.8. The lowest BCUT2D eigenvalue weighted by Gasteiger charge is -2.17. The van der Waals surface area contributed by atoms with Crippen molar-refractivity contribution in [3.8, 4) is 0 Å². The van der Waals surface area contributed by atoms with Crippen LogP contribution in [-0.2, 0) is 0 Å². The standard InChI is InChI=1S/C13H15FN4S/c14-9-3-1-4-10(7-9)19-8-12(18-16)11-5-2-6-17-13(11)15/h1-7,12,18H,8,16H2,(H2,15,17). The van der Waals surface area contributed by atoms with E-state index < -0.39 is 0 Å². The normalized spacial score (nSPS) is 12.3. The minimum Gasteiger partial charge on any atom is -0.383 e. The van der Waals surface area contributed by atoms with Gasteiger partial charge in [-0.3, -0.25) is 11.3 Å². The van der Waals surface area contributed by atoms with Crippen LogP contribution in [0.2, 0.25) is 0 Å². The maximum atomic E-state index is 13.1. The summed E-state index contributed by atoms with van der Waals surface area (Å²) >= 11 is 1.50. The maximum absolute atomic E-state index is 13.1. The van der Waals surface area contributed by atoms with Crippen LogP contribution in [0.15, 0.2) is 47.5 Å². The van der Waals surface area contributed by atoms with E-state index in [1.54, 1.807) is 12.3 Å². The molecule has 6 heteroatoms. The zero-order valence-corrected chi connectivity index (χ0v) is 11.0. The van der Waals surface area contributed by atoms with E-state index >= 15 is 0 Å². The minimum atomic E-state index is -0.247. The number of hydrogen-bond donors (Lipinski definition) is 3. The molecule has 0 fully saturated rings. The molecule has 0 saturated carbocycles. The summed E-state index contributed by atoms with van der Waals surface area (Å²) in [7, 11) is 0. The lowest BCUT2D eigenvalue weighted by atomic mass is 10.1. The monoisotopic (exact) mass is 278 g/mol. The molecule has 1 aromatic heterocycles. The summed E-state index contributed by atoms with van der Waals surface area (Å²) in [6, 6.07) is 9.99. The van der Waals surface area contributed by atoms with E-state index in [0.29, 0.717) is 11.6 Å². The molecule has 19 heavy (non-hydrogen) atoms. The number of nitrogens with two attached hydrogens (primary N) is 2. The molecule has 1 aromatic carbocycles. The average molecular weight is 278 g/mol. The van der Waals surface area contributed by atoms with Crippen LogP contribution in [-0.4, -0.2) is 10.7 Å². The van der Waals surface area contributed by atoms with E-state index in [9.17, 15) is 4.39 Å². The third-order valence-electron chi connectivity index (χ3n) is 2.66. The smallest absolute Gasteiger partial charge is 0.128 e. The summed E-state index contributed by atoms with van der Waals surface area (Å²) in [5, 5.41) is 0. The van der Waals surface area contributed by atoms with Crippen LogP contribution in [0.4, 0.5) is 10.2 Å². The van der Waals surface area contributed by atoms with Crippen LogP contribution in [0.1, 0.15) is 11.6 Å². The highest BCUT2D eigenvalue weighted by Gasteiger charge is 2.13. The third-order valence-corrected chi connectivity index (χ3v) is 3.75. The number of thioether (sulfide) groups is 1. The van der Waals surface area contributed by atoms with Crippen molar-refractivity contribution in [3.63, 3.8) is 0 Å². The fourth-order valence-electron chi connectivity index (χ4n) is 1.69. The van der Waals surface area contributed by atoms with Gasteiger partial charge in [-0.05, 0) is 24.3 Å². The van der Waals surface area contributed by atoms with E-state index in [0.717, 1.165) is 10.5 Å². The van der Waals surface area contributed by atoms with Gasteiger partial charge in [-0.1, -0.05) is 12.1 Å². The molecular weight excluding hydrogens is 263 g/mol. The highest BCUT2D eigenvalue weighted by molar-refractivity contribution is 7.99. The first-order chi connectivity index (χ1) is 9.20. The molecule has 0 saturated heterocycles. The summed E-state index contributed by atoms with van der Waals surface area (Å²) in [5.41, 5.74) is 9.37. The molecule has 5 N–H and O–H groups in total. The van der Waals surface area contributed by atoms with E-state index in [2.05, 4.69) is 10.4 Å². The van der Waals surface area contributed by atoms with Crippen molar-refractivity contribution < 1.29 is 4.39 Å². The Kier molecular flexibility index (Phi) is 4.73. The SMILES string of the molecule is NNC(CSc1cccc(F)c1)c1cccnc1N. The second-order valence-corrected chi connectivity index (χ2v) is 5.06. The molecule has 1 unspecified atom stereocenters. The number of aromatic nitrogens is 1. The van der Waals surface area contributed by atoms with Gasteiger partial charge < -0.3 is 5.73 Å². The van der Waals surface area contributed by atoms with E-state index in [1.165, 1.54) is 23.9 Å². The Balaban J connectivity index is 2.06. The molecule has 0 radical (unpaired) electrons. The van der Waals surface area contributed by atoms with Crippen molar-refractivity contribution in [2.75, 3.05) is 11.5 Å². The van der Waals surface area contributed by atoms with Gasteiger partial charge in [-0.15, -0.1) is 11.8 Å².